The molecule has 0 unspecified atom stereocenters. The van der Waals surface area contributed by atoms with Gasteiger partial charge in [0.15, 0.2) is 6.61 Å². The average molecular weight is 416 g/mol. The minimum atomic E-state index is -0.507. The van der Waals surface area contributed by atoms with Gasteiger partial charge in [-0.1, -0.05) is 37.3 Å². The third kappa shape index (κ3) is 4.43. The van der Waals surface area contributed by atoms with Crippen LogP contribution in [-0.2, 0) is 16.0 Å². The predicted octanol–water partition coefficient (Wildman–Crippen LogP) is 4.11. The molecule has 3 aromatic rings. The summed E-state index contributed by atoms with van der Waals surface area (Å²) in [4.78, 5) is 29.7. The zero-order valence-corrected chi connectivity index (χ0v) is 17.4. The third-order valence-corrected chi connectivity index (χ3v) is 5.29. The van der Waals surface area contributed by atoms with Gasteiger partial charge in [-0.05, 0) is 60.2 Å². The Kier molecular flexibility index (Phi) is 5.98. The van der Waals surface area contributed by atoms with Gasteiger partial charge in [0.1, 0.15) is 5.75 Å². The fourth-order valence-electron chi connectivity index (χ4n) is 3.80. The summed E-state index contributed by atoms with van der Waals surface area (Å²) in [7, 11) is 0. The number of phenols is 1. The van der Waals surface area contributed by atoms with Crippen LogP contribution >= 0.6 is 0 Å². The molecule has 1 aromatic heterocycles. The normalized spacial score (nSPS) is 13.9. The summed E-state index contributed by atoms with van der Waals surface area (Å²) < 4.78 is 5.36. The molecule has 0 radical (unpaired) electrons. The molecule has 4 rings (SSSR count). The molecule has 0 saturated carbocycles. The number of amides is 1. The van der Waals surface area contributed by atoms with Crippen molar-refractivity contribution in [2.24, 2.45) is 0 Å². The summed E-state index contributed by atoms with van der Waals surface area (Å²) in [6.07, 6.45) is 4.26. The quantitative estimate of drug-likeness (QED) is 0.591. The van der Waals surface area contributed by atoms with E-state index in [4.69, 9.17) is 9.72 Å². The molecule has 6 heteroatoms. The Morgan fingerprint density at radius 2 is 1.90 bits per heavy atom. The Labute approximate surface area is 180 Å². The Hall–Kier alpha value is -3.67. The lowest BCUT2D eigenvalue weighted by Gasteiger charge is -2.12. The van der Waals surface area contributed by atoms with Crippen LogP contribution in [0, 0.1) is 0 Å². The number of allylic oxidation sites excluding steroid dienone is 1. The van der Waals surface area contributed by atoms with E-state index in [9.17, 15) is 14.7 Å². The zero-order chi connectivity index (χ0) is 21.8. The first kappa shape index (κ1) is 20.6. The molecule has 0 aliphatic heterocycles. The van der Waals surface area contributed by atoms with Crippen molar-refractivity contribution in [1.29, 1.82) is 0 Å². The number of hydrogen-bond donors (Lipinski definition) is 2. The van der Waals surface area contributed by atoms with E-state index in [1.807, 2.05) is 49.4 Å². The molecule has 1 aliphatic carbocycles. The van der Waals surface area contributed by atoms with Crippen molar-refractivity contribution in [3.05, 3.63) is 70.9 Å². The van der Waals surface area contributed by atoms with Crippen LogP contribution in [0.15, 0.2) is 48.5 Å². The van der Waals surface area contributed by atoms with Crippen LogP contribution in [0.4, 0.5) is 0 Å². The molecule has 2 aromatic carbocycles. The first-order valence-corrected chi connectivity index (χ1v) is 10.4. The number of carbonyl (C=O) groups is 2. The molecule has 0 saturated heterocycles. The van der Waals surface area contributed by atoms with Crippen LogP contribution < -0.4 is 5.32 Å². The van der Waals surface area contributed by atoms with Gasteiger partial charge in [-0.3, -0.25) is 4.79 Å². The number of pyridine rings is 1. The number of benzene rings is 2. The highest BCUT2D eigenvalue weighted by atomic mass is 16.5. The van der Waals surface area contributed by atoms with Crippen molar-refractivity contribution in [2.75, 3.05) is 13.2 Å². The lowest BCUT2D eigenvalue weighted by molar-refractivity contribution is -0.124. The number of para-hydroxylation sites is 1. The minimum absolute atomic E-state index is 0.214. The van der Waals surface area contributed by atoms with E-state index >= 15 is 0 Å². The van der Waals surface area contributed by atoms with E-state index in [2.05, 4.69) is 5.32 Å². The average Bonchev–Trinajstić information content (AvgIpc) is 3.17. The first-order chi connectivity index (χ1) is 15.1. The Balaban J connectivity index is 1.70. The molecule has 1 aliphatic rings. The lowest BCUT2D eigenvalue weighted by Crippen LogP contribution is -2.29. The number of esters is 1. The van der Waals surface area contributed by atoms with Crippen LogP contribution in [0.1, 0.15) is 46.9 Å². The van der Waals surface area contributed by atoms with Crippen molar-refractivity contribution < 1.29 is 19.4 Å². The summed E-state index contributed by atoms with van der Waals surface area (Å²) in [5.41, 5.74) is 4.81. The molecular weight excluding hydrogens is 392 g/mol. The number of nitrogens with zero attached hydrogens (tertiary/aromatic N) is 1. The largest absolute Gasteiger partial charge is 0.508 e. The van der Waals surface area contributed by atoms with Crippen LogP contribution in [-0.4, -0.2) is 35.1 Å². The van der Waals surface area contributed by atoms with Gasteiger partial charge >= 0.3 is 5.97 Å². The Morgan fingerprint density at radius 3 is 2.68 bits per heavy atom. The summed E-state index contributed by atoms with van der Waals surface area (Å²) in [6, 6.07) is 14.4. The van der Waals surface area contributed by atoms with Gasteiger partial charge in [0.2, 0.25) is 0 Å². The molecular formula is C25H24N2O4. The molecule has 1 amide bonds. The van der Waals surface area contributed by atoms with Gasteiger partial charge in [0, 0.05) is 11.9 Å². The van der Waals surface area contributed by atoms with Crippen LogP contribution in [0.25, 0.3) is 22.6 Å². The van der Waals surface area contributed by atoms with E-state index in [1.165, 1.54) is 0 Å². The molecule has 0 fully saturated rings. The van der Waals surface area contributed by atoms with Crippen molar-refractivity contribution in [3.8, 4) is 5.75 Å². The van der Waals surface area contributed by atoms with Crippen molar-refractivity contribution >= 4 is 34.4 Å². The second kappa shape index (κ2) is 9.00. The summed E-state index contributed by atoms with van der Waals surface area (Å²) >= 11 is 0. The van der Waals surface area contributed by atoms with Gasteiger partial charge in [0.05, 0.1) is 16.8 Å². The Morgan fingerprint density at radius 1 is 1.13 bits per heavy atom. The topological polar surface area (TPSA) is 88.5 Å². The summed E-state index contributed by atoms with van der Waals surface area (Å²) in [6.45, 7) is 2.21. The second-order valence-electron chi connectivity index (χ2n) is 7.52. The smallest absolute Gasteiger partial charge is 0.339 e. The zero-order valence-electron chi connectivity index (χ0n) is 17.4. The maximum absolute atomic E-state index is 13.0. The number of hydrogen-bond acceptors (Lipinski definition) is 5. The molecule has 2 N–H and O–H groups in total. The maximum Gasteiger partial charge on any atom is 0.339 e. The van der Waals surface area contributed by atoms with Gasteiger partial charge in [-0.15, -0.1) is 0 Å². The summed E-state index contributed by atoms with van der Waals surface area (Å²) in [5.74, 6) is -0.600. The number of phenolic OH excluding ortho intramolecular Hbond substituents is 1. The highest BCUT2D eigenvalue weighted by molar-refractivity contribution is 6.07. The first-order valence-electron chi connectivity index (χ1n) is 10.4. The molecule has 31 heavy (non-hydrogen) atoms. The lowest BCUT2D eigenvalue weighted by atomic mass is 10.0. The van der Waals surface area contributed by atoms with Crippen LogP contribution in [0.3, 0.4) is 0 Å². The van der Waals surface area contributed by atoms with Crippen molar-refractivity contribution in [2.45, 2.75) is 26.2 Å². The van der Waals surface area contributed by atoms with E-state index < -0.39 is 5.97 Å². The monoisotopic (exact) mass is 416 g/mol. The third-order valence-electron chi connectivity index (χ3n) is 5.29. The number of fused-ring (bicyclic) bond motifs is 2. The van der Waals surface area contributed by atoms with Gasteiger partial charge < -0.3 is 15.2 Å². The molecule has 0 atom stereocenters. The molecule has 0 bridgehead atoms. The molecule has 0 spiro atoms. The van der Waals surface area contributed by atoms with E-state index in [1.54, 1.807) is 12.1 Å². The highest BCUT2D eigenvalue weighted by Crippen LogP contribution is 2.37. The standard InChI is InChI=1S/C25H24N2O4/c1-2-13-26-22(29)15-31-25(30)23-19-5-3-4-6-21(19)27-24-17(9-12-20(23)24)14-16-7-10-18(28)11-8-16/h3-8,10-11,14,28H,2,9,12-13,15H2,1H3,(H,26,29)/b17-14+. The molecule has 1 heterocycles. The van der Waals surface area contributed by atoms with Crippen LogP contribution in [0.5, 0.6) is 5.75 Å². The number of nitrogens with one attached hydrogen (secondary N) is 1. The number of rotatable bonds is 6. The minimum Gasteiger partial charge on any atom is -0.508 e. The predicted molar refractivity (Wildman–Crippen MR) is 120 cm³/mol. The van der Waals surface area contributed by atoms with Gasteiger partial charge in [0.25, 0.3) is 5.91 Å². The van der Waals surface area contributed by atoms with Crippen molar-refractivity contribution in [1.82, 2.24) is 10.3 Å². The molecule has 6 nitrogen and oxygen atoms in total. The molecule has 158 valence electrons. The van der Waals surface area contributed by atoms with Crippen molar-refractivity contribution in [3.63, 3.8) is 0 Å². The van der Waals surface area contributed by atoms with Gasteiger partial charge in [-0.2, -0.15) is 0 Å². The number of aromatic hydroxyl groups is 1. The highest BCUT2D eigenvalue weighted by Gasteiger charge is 2.27. The van der Waals surface area contributed by atoms with Gasteiger partial charge in [-0.25, -0.2) is 9.78 Å². The number of carbonyl (C=O) groups excluding carboxylic acids is 2. The van der Waals surface area contributed by atoms with E-state index in [0.717, 1.165) is 40.6 Å². The fourth-order valence-corrected chi connectivity index (χ4v) is 3.80. The van der Waals surface area contributed by atoms with E-state index in [-0.39, 0.29) is 18.3 Å². The SMILES string of the molecule is CCCNC(=O)COC(=O)c1c2c(nc3ccccc13)/C(=C/c1ccc(O)cc1)CC2. The number of ether oxygens (including phenoxy) is 1. The van der Waals surface area contributed by atoms with Crippen LogP contribution in [0.2, 0.25) is 0 Å². The van der Waals surface area contributed by atoms with E-state index in [0.29, 0.717) is 24.0 Å². The summed E-state index contributed by atoms with van der Waals surface area (Å²) in [5, 5.41) is 13.0. The maximum atomic E-state index is 13.0. The Bertz CT molecular complexity index is 1170. The fraction of sp³-hybridized carbons (Fsp3) is 0.240. The second-order valence-corrected chi connectivity index (χ2v) is 7.52. The number of aromatic nitrogens is 1.